The van der Waals surface area contributed by atoms with Gasteiger partial charge in [-0.2, -0.15) is 4.31 Å². The number of nitrogens with one attached hydrogen (secondary N) is 1. The number of benzene rings is 1. The molecule has 0 spiro atoms. The van der Waals surface area contributed by atoms with Gasteiger partial charge in [-0.05, 0) is 49.1 Å². The quantitative estimate of drug-likeness (QED) is 0.602. The summed E-state index contributed by atoms with van der Waals surface area (Å²) in [5.41, 5.74) is 0.846. The standard InChI is InChI=1S/C20H21ClN4O3S2/c1-13(23-16-5-8-22-9-6-16)25-10-7-17(20(25)26)24(2)30(27,28)19-11-14-3-4-15(21)12-18(14)29-19/h3-6,8-9,11-13,17H,7,10H2,1-2H3,(H,22,23). The minimum absolute atomic E-state index is 0.205. The molecule has 0 aliphatic carbocycles. The Bertz CT molecular complexity index is 1180. The van der Waals surface area contributed by atoms with Gasteiger partial charge in [0.25, 0.3) is 10.0 Å². The average Bonchev–Trinajstić information content (AvgIpc) is 3.31. The summed E-state index contributed by atoms with van der Waals surface area (Å²) in [6.07, 6.45) is 3.50. The zero-order valence-corrected chi connectivity index (χ0v) is 18.8. The smallest absolute Gasteiger partial charge is 0.253 e. The highest BCUT2D eigenvalue weighted by Gasteiger charge is 2.41. The summed E-state index contributed by atoms with van der Waals surface area (Å²) in [6, 6.07) is 9.81. The lowest BCUT2D eigenvalue weighted by atomic mass is 10.2. The van der Waals surface area contributed by atoms with Crippen LogP contribution >= 0.6 is 22.9 Å². The molecule has 7 nitrogen and oxygen atoms in total. The van der Waals surface area contributed by atoms with Gasteiger partial charge in [-0.25, -0.2) is 8.42 Å². The third kappa shape index (κ3) is 3.90. The molecular weight excluding hydrogens is 444 g/mol. The molecule has 0 bridgehead atoms. The lowest BCUT2D eigenvalue weighted by molar-refractivity contribution is -0.131. The summed E-state index contributed by atoms with van der Waals surface area (Å²) in [6.45, 7) is 2.36. The number of amides is 1. The van der Waals surface area contributed by atoms with Crippen LogP contribution in [0.4, 0.5) is 5.69 Å². The molecule has 158 valence electrons. The van der Waals surface area contributed by atoms with Crippen LogP contribution in [0.2, 0.25) is 5.02 Å². The number of nitrogens with zero attached hydrogens (tertiary/aromatic N) is 3. The number of anilines is 1. The second kappa shape index (κ2) is 8.14. The fourth-order valence-corrected chi connectivity index (χ4v) is 6.80. The Morgan fingerprint density at radius 2 is 2.00 bits per heavy atom. The van der Waals surface area contributed by atoms with Crippen molar-refractivity contribution in [2.45, 2.75) is 29.8 Å². The number of rotatable bonds is 6. The van der Waals surface area contributed by atoms with Crippen LogP contribution in [0.1, 0.15) is 13.3 Å². The first-order valence-corrected chi connectivity index (χ1v) is 12.0. The number of likely N-dealkylation sites (N-methyl/N-ethyl adjacent to an activating group) is 1. The largest absolute Gasteiger partial charge is 0.365 e. The molecule has 0 radical (unpaired) electrons. The maximum Gasteiger partial charge on any atom is 0.253 e. The second-order valence-corrected chi connectivity index (χ2v) is 10.9. The monoisotopic (exact) mass is 464 g/mol. The van der Waals surface area contributed by atoms with Crippen molar-refractivity contribution >= 4 is 54.6 Å². The fraction of sp³-hybridized carbons (Fsp3) is 0.300. The SMILES string of the molecule is CC(Nc1ccncc1)N1CCC(N(C)S(=O)(=O)c2cc3ccc(Cl)cc3s2)C1=O. The van der Waals surface area contributed by atoms with Crippen LogP contribution < -0.4 is 5.32 Å². The van der Waals surface area contributed by atoms with E-state index in [0.717, 1.165) is 27.1 Å². The van der Waals surface area contributed by atoms with Crippen LogP contribution in [0.3, 0.4) is 0 Å². The molecule has 0 saturated carbocycles. The Hall–Kier alpha value is -2.20. The van der Waals surface area contributed by atoms with E-state index in [1.54, 1.807) is 41.6 Å². The molecule has 1 aromatic carbocycles. The summed E-state index contributed by atoms with van der Waals surface area (Å²) in [4.78, 5) is 18.7. The highest BCUT2D eigenvalue weighted by atomic mass is 35.5. The molecule has 1 fully saturated rings. The second-order valence-electron chi connectivity index (χ2n) is 7.16. The highest BCUT2D eigenvalue weighted by molar-refractivity contribution is 7.91. The topological polar surface area (TPSA) is 82.6 Å². The maximum atomic E-state index is 13.2. The number of sulfonamides is 1. The number of pyridine rings is 1. The Kier molecular flexibility index (Phi) is 5.71. The van der Waals surface area contributed by atoms with Gasteiger partial charge in [-0.1, -0.05) is 17.7 Å². The molecule has 1 saturated heterocycles. The molecule has 1 aliphatic rings. The fourth-order valence-electron chi connectivity index (χ4n) is 3.59. The summed E-state index contributed by atoms with van der Waals surface area (Å²) >= 11 is 7.18. The van der Waals surface area contributed by atoms with Gasteiger partial charge in [0.05, 0.1) is 6.17 Å². The van der Waals surface area contributed by atoms with E-state index in [-0.39, 0.29) is 16.3 Å². The number of likely N-dealkylation sites (tertiary alicyclic amines) is 1. The van der Waals surface area contributed by atoms with Crippen LogP contribution in [-0.4, -0.2) is 54.3 Å². The number of thiophene rings is 1. The van der Waals surface area contributed by atoms with E-state index in [0.29, 0.717) is 18.0 Å². The lowest BCUT2D eigenvalue weighted by Crippen LogP contribution is -2.46. The van der Waals surface area contributed by atoms with Crippen molar-refractivity contribution in [3.8, 4) is 0 Å². The van der Waals surface area contributed by atoms with Crippen LogP contribution in [-0.2, 0) is 14.8 Å². The normalized spacial score (nSPS) is 18.3. The Labute approximate surface area is 184 Å². The number of hydrogen-bond acceptors (Lipinski definition) is 6. The Morgan fingerprint density at radius 3 is 2.73 bits per heavy atom. The van der Waals surface area contributed by atoms with E-state index < -0.39 is 16.1 Å². The average molecular weight is 465 g/mol. The summed E-state index contributed by atoms with van der Waals surface area (Å²) < 4.78 is 28.6. The molecule has 4 rings (SSSR count). The van der Waals surface area contributed by atoms with Gasteiger partial charge in [0, 0.05) is 41.4 Å². The van der Waals surface area contributed by atoms with Crippen molar-refractivity contribution in [2.24, 2.45) is 0 Å². The molecule has 3 aromatic rings. The predicted octanol–water partition coefficient (Wildman–Crippen LogP) is 3.63. The van der Waals surface area contributed by atoms with Crippen LogP contribution in [0, 0.1) is 0 Å². The van der Waals surface area contributed by atoms with E-state index in [4.69, 9.17) is 11.6 Å². The Morgan fingerprint density at radius 1 is 1.27 bits per heavy atom. The minimum Gasteiger partial charge on any atom is -0.365 e. The predicted molar refractivity (Wildman–Crippen MR) is 119 cm³/mol. The number of carbonyl (C=O) groups is 1. The van der Waals surface area contributed by atoms with Crippen molar-refractivity contribution in [1.82, 2.24) is 14.2 Å². The van der Waals surface area contributed by atoms with Gasteiger partial charge >= 0.3 is 0 Å². The molecule has 2 atom stereocenters. The number of fused-ring (bicyclic) bond motifs is 1. The van der Waals surface area contributed by atoms with Crippen molar-refractivity contribution in [1.29, 1.82) is 0 Å². The first-order valence-electron chi connectivity index (χ1n) is 9.41. The van der Waals surface area contributed by atoms with Gasteiger partial charge in [-0.15, -0.1) is 11.3 Å². The van der Waals surface area contributed by atoms with Crippen LogP contribution in [0.15, 0.2) is 53.0 Å². The molecule has 10 heteroatoms. The first kappa shape index (κ1) is 21.0. The minimum atomic E-state index is -3.81. The third-order valence-corrected chi connectivity index (χ3v) is 8.92. The zero-order chi connectivity index (χ0) is 21.5. The number of hydrogen-bond donors (Lipinski definition) is 1. The summed E-state index contributed by atoms with van der Waals surface area (Å²) in [5, 5.41) is 4.62. The van der Waals surface area contributed by atoms with Crippen LogP contribution in [0.5, 0.6) is 0 Å². The summed E-state index contributed by atoms with van der Waals surface area (Å²) in [7, 11) is -2.33. The molecule has 30 heavy (non-hydrogen) atoms. The third-order valence-electron chi connectivity index (χ3n) is 5.27. The van der Waals surface area contributed by atoms with E-state index in [1.165, 1.54) is 11.4 Å². The van der Waals surface area contributed by atoms with Crippen molar-refractivity contribution < 1.29 is 13.2 Å². The summed E-state index contributed by atoms with van der Waals surface area (Å²) in [5.74, 6) is -0.209. The molecule has 1 amide bonds. The first-order chi connectivity index (χ1) is 14.3. The highest BCUT2D eigenvalue weighted by Crippen LogP contribution is 2.34. The molecule has 2 aromatic heterocycles. The lowest BCUT2D eigenvalue weighted by Gasteiger charge is -2.28. The van der Waals surface area contributed by atoms with E-state index in [1.807, 2.05) is 19.1 Å². The van der Waals surface area contributed by atoms with Crippen molar-refractivity contribution in [2.75, 3.05) is 18.9 Å². The van der Waals surface area contributed by atoms with Gasteiger partial charge in [0.15, 0.2) is 0 Å². The van der Waals surface area contributed by atoms with Crippen LogP contribution in [0.25, 0.3) is 10.1 Å². The molecular formula is C20H21ClN4O3S2. The zero-order valence-electron chi connectivity index (χ0n) is 16.4. The van der Waals surface area contributed by atoms with Gasteiger partial charge in [0.2, 0.25) is 5.91 Å². The number of aromatic nitrogens is 1. The van der Waals surface area contributed by atoms with E-state index >= 15 is 0 Å². The Balaban J connectivity index is 1.52. The molecule has 2 unspecified atom stereocenters. The van der Waals surface area contributed by atoms with Crippen molar-refractivity contribution in [3.63, 3.8) is 0 Å². The van der Waals surface area contributed by atoms with Crippen molar-refractivity contribution in [3.05, 3.63) is 53.8 Å². The van der Waals surface area contributed by atoms with E-state index in [9.17, 15) is 13.2 Å². The number of carbonyl (C=O) groups excluding carboxylic acids is 1. The number of halogens is 1. The molecule has 3 heterocycles. The van der Waals surface area contributed by atoms with Gasteiger partial charge < -0.3 is 10.2 Å². The van der Waals surface area contributed by atoms with Gasteiger partial charge in [-0.3, -0.25) is 9.78 Å². The maximum absolute atomic E-state index is 13.2. The van der Waals surface area contributed by atoms with Gasteiger partial charge in [0.1, 0.15) is 10.3 Å². The molecule has 1 N–H and O–H groups in total. The van der Waals surface area contributed by atoms with E-state index in [2.05, 4.69) is 10.3 Å². The molecule has 1 aliphatic heterocycles.